The summed E-state index contributed by atoms with van der Waals surface area (Å²) in [6.07, 6.45) is 2.14. The maximum Gasteiger partial charge on any atom is 0.161 e. The van der Waals surface area contributed by atoms with Gasteiger partial charge in [-0.25, -0.2) is 4.98 Å². The Balaban J connectivity index is 1.24. The smallest absolute Gasteiger partial charge is 0.161 e. The molecule has 0 amide bonds. The van der Waals surface area contributed by atoms with E-state index in [0.29, 0.717) is 23.6 Å². The van der Waals surface area contributed by atoms with E-state index < -0.39 is 0 Å². The van der Waals surface area contributed by atoms with Crippen LogP contribution in [0.5, 0.6) is 11.5 Å². The lowest BCUT2D eigenvalue weighted by Gasteiger charge is -2.38. The molecule has 1 aromatic heterocycles. The zero-order valence-corrected chi connectivity index (χ0v) is 29.5. The molecule has 0 atom stereocenters. The van der Waals surface area contributed by atoms with E-state index in [1.165, 1.54) is 22.4 Å². The van der Waals surface area contributed by atoms with E-state index in [2.05, 4.69) is 101 Å². The summed E-state index contributed by atoms with van der Waals surface area (Å²) in [5.74, 6) is 2.26. The van der Waals surface area contributed by atoms with Crippen LogP contribution < -0.4 is 19.7 Å². The summed E-state index contributed by atoms with van der Waals surface area (Å²) in [5, 5.41) is 3.72. The quantitative estimate of drug-likeness (QED) is 0.168. The van der Waals surface area contributed by atoms with Gasteiger partial charge in [-0.3, -0.25) is 4.90 Å². The highest BCUT2D eigenvalue weighted by molar-refractivity contribution is 5.98. The van der Waals surface area contributed by atoms with E-state index in [1.54, 1.807) is 14.2 Å². The first-order valence-corrected chi connectivity index (χ1v) is 17.6. The topological polar surface area (TPSA) is 64.0 Å². The Morgan fingerprint density at radius 2 is 1.45 bits per heavy atom. The van der Waals surface area contributed by atoms with E-state index in [0.717, 1.165) is 92.3 Å². The van der Waals surface area contributed by atoms with Crippen LogP contribution in [0.3, 0.4) is 0 Å². The lowest BCUT2D eigenvalue weighted by molar-refractivity contribution is 0.0776. The normalized spacial score (nSPS) is 16.1. The van der Waals surface area contributed by atoms with Gasteiger partial charge in [-0.1, -0.05) is 36.4 Å². The molecule has 0 aliphatic carbocycles. The third kappa shape index (κ3) is 7.04. The molecule has 7 rings (SSSR count). The molecule has 5 aromatic rings. The van der Waals surface area contributed by atoms with Crippen LogP contribution in [-0.2, 0) is 18.3 Å². The summed E-state index contributed by atoms with van der Waals surface area (Å²) in [6.45, 7) is 11.4. The third-order valence-electron chi connectivity index (χ3n) is 10.3. The number of anilines is 1. The van der Waals surface area contributed by atoms with Crippen molar-refractivity contribution in [3.8, 4) is 45.1 Å². The fourth-order valence-electron chi connectivity index (χ4n) is 7.23. The first-order chi connectivity index (χ1) is 23.9. The maximum absolute atomic E-state index is 5.64. The standard InChI is InChI=1S/C41H49N5O3/c1-28(2)45-18-20-46(21-19-45)35-13-10-30(11-14-35)33-24-36(31-8-6-29(7-9-31)27-42-34-16-22-49-23-17-34)40-37(25-33)44(3)41(43-40)32-12-15-38(47-4)39(26-32)48-5/h6-15,24-26,28,34,42H,16-23,27H2,1-5H3. The predicted molar refractivity (Wildman–Crippen MR) is 200 cm³/mol. The highest BCUT2D eigenvalue weighted by Crippen LogP contribution is 2.38. The fourth-order valence-corrected chi connectivity index (χ4v) is 7.23. The van der Waals surface area contributed by atoms with Crippen LogP contribution in [0, 0.1) is 0 Å². The zero-order chi connectivity index (χ0) is 33.9. The van der Waals surface area contributed by atoms with Crippen LogP contribution >= 0.6 is 0 Å². The zero-order valence-electron chi connectivity index (χ0n) is 29.5. The number of fused-ring (bicyclic) bond motifs is 1. The molecule has 49 heavy (non-hydrogen) atoms. The molecule has 2 aliphatic rings. The van der Waals surface area contributed by atoms with Crippen molar-refractivity contribution >= 4 is 16.7 Å². The molecule has 3 heterocycles. The molecule has 8 heteroatoms. The van der Waals surface area contributed by atoms with Crippen LogP contribution in [0.15, 0.2) is 78.9 Å². The van der Waals surface area contributed by atoms with E-state index in [-0.39, 0.29) is 0 Å². The van der Waals surface area contributed by atoms with Crippen molar-refractivity contribution in [2.45, 2.75) is 45.3 Å². The Morgan fingerprint density at radius 1 is 0.776 bits per heavy atom. The molecular formula is C41H49N5O3. The van der Waals surface area contributed by atoms with Gasteiger partial charge >= 0.3 is 0 Å². The predicted octanol–water partition coefficient (Wildman–Crippen LogP) is 7.39. The van der Waals surface area contributed by atoms with Crippen LogP contribution in [-0.4, -0.2) is 80.1 Å². The minimum absolute atomic E-state index is 0.518. The number of hydrogen-bond acceptors (Lipinski definition) is 7. The number of methoxy groups -OCH3 is 2. The molecule has 2 saturated heterocycles. The summed E-state index contributed by atoms with van der Waals surface area (Å²) in [7, 11) is 5.42. The van der Waals surface area contributed by atoms with E-state index in [1.807, 2.05) is 18.2 Å². The lowest BCUT2D eigenvalue weighted by Crippen LogP contribution is -2.48. The van der Waals surface area contributed by atoms with Gasteiger partial charge in [0.05, 0.1) is 25.3 Å². The molecule has 0 unspecified atom stereocenters. The summed E-state index contributed by atoms with van der Waals surface area (Å²) < 4.78 is 18.9. The van der Waals surface area contributed by atoms with Crippen molar-refractivity contribution in [3.63, 3.8) is 0 Å². The minimum Gasteiger partial charge on any atom is -0.493 e. The van der Waals surface area contributed by atoms with Crippen molar-refractivity contribution in [2.24, 2.45) is 7.05 Å². The van der Waals surface area contributed by atoms with Gasteiger partial charge < -0.3 is 29.0 Å². The van der Waals surface area contributed by atoms with Gasteiger partial charge in [0, 0.05) is 81.9 Å². The Kier molecular flexibility index (Phi) is 9.89. The number of nitrogens with one attached hydrogen (secondary N) is 1. The van der Waals surface area contributed by atoms with Gasteiger partial charge in [-0.05, 0) is 91.4 Å². The van der Waals surface area contributed by atoms with Crippen LogP contribution in [0.1, 0.15) is 32.3 Å². The number of nitrogens with zero attached hydrogens (tertiary/aromatic N) is 4. The second kappa shape index (κ2) is 14.6. The Morgan fingerprint density at radius 3 is 2.12 bits per heavy atom. The van der Waals surface area contributed by atoms with Crippen molar-refractivity contribution in [1.82, 2.24) is 19.8 Å². The number of ether oxygens (including phenoxy) is 3. The second-order valence-electron chi connectivity index (χ2n) is 13.6. The van der Waals surface area contributed by atoms with E-state index in [4.69, 9.17) is 19.2 Å². The monoisotopic (exact) mass is 659 g/mol. The number of aryl methyl sites for hydroxylation is 1. The van der Waals surface area contributed by atoms with Gasteiger partial charge in [0.15, 0.2) is 11.5 Å². The Labute approximate surface area is 290 Å². The number of rotatable bonds is 10. The van der Waals surface area contributed by atoms with Crippen LogP contribution in [0.2, 0.25) is 0 Å². The summed E-state index contributed by atoms with van der Waals surface area (Å²) in [5.41, 5.74) is 10.2. The molecule has 4 aromatic carbocycles. The molecule has 1 N–H and O–H groups in total. The molecule has 8 nitrogen and oxygen atoms in total. The Hall–Kier alpha value is -4.37. The average Bonchev–Trinajstić information content (AvgIpc) is 3.49. The lowest BCUT2D eigenvalue weighted by atomic mass is 9.96. The minimum atomic E-state index is 0.518. The van der Waals surface area contributed by atoms with Gasteiger partial charge in [0.25, 0.3) is 0 Å². The van der Waals surface area contributed by atoms with Crippen molar-refractivity contribution in [1.29, 1.82) is 0 Å². The number of imidazole rings is 1. The average molecular weight is 660 g/mol. The molecule has 0 spiro atoms. The largest absolute Gasteiger partial charge is 0.493 e. The molecule has 2 aliphatic heterocycles. The highest BCUT2D eigenvalue weighted by atomic mass is 16.5. The first-order valence-electron chi connectivity index (χ1n) is 17.6. The summed E-state index contributed by atoms with van der Waals surface area (Å²) >= 11 is 0. The molecule has 0 bridgehead atoms. The maximum atomic E-state index is 5.64. The van der Waals surface area contributed by atoms with E-state index in [9.17, 15) is 0 Å². The molecular weight excluding hydrogens is 610 g/mol. The number of aromatic nitrogens is 2. The number of benzene rings is 4. The number of piperazine rings is 1. The third-order valence-corrected chi connectivity index (χ3v) is 10.3. The molecule has 2 fully saturated rings. The summed E-state index contributed by atoms with van der Waals surface area (Å²) in [6, 6.07) is 29.7. The number of hydrogen-bond donors (Lipinski definition) is 1. The Bertz CT molecular complexity index is 1870. The van der Waals surface area contributed by atoms with Gasteiger partial charge in [-0.15, -0.1) is 0 Å². The molecule has 0 radical (unpaired) electrons. The van der Waals surface area contributed by atoms with Gasteiger partial charge in [0.1, 0.15) is 5.82 Å². The van der Waals surface area contributed by atoms with Gasteiger partial charge in [-0.2, -0.15) is 0 Å². The van der Waals surface area contributed by atoms with Crippen molar-refractivity contribution < 1.29 is 14.2 Å². The van der Waals surface area contributed by atoms with Crippen LogP contribution in [0.4, 0.5) is 5.69 Å². The molecule has 0 saturated carbocycles. The van der Waals surface area contributed by atoms with Crippen molar-refractivity contribution in [3.05, 3.63) is 84.4 Å². The first kappa shape index (κ1) is 33.1. The second-order valence-corrected chi connectivity index (χ2v) is 13.6. The SMILES string of the molecule is COc1ccc(-c2nc3c(-c4ccc(CNC5CCOCC5)cc4)cc(-c4ccc(N5CCN(C(C)C)CC5)cc4)cc3n2C)cc1OC. The van der Waals surface area contributed by atoms with Gasteiger partial charge in [0.2, 0.25) is 0 Å². The fraction of sp³-hybridized carbons (Fsp3) is 0.390. The highest BCUT2D eigenvalue weighted by Gasteiger charge is 2.21. The van der Waals surface area contributed by atoms with Crippen molar-refractivity contribution in [2.75, 3.05) is 58.5 Å². The van der Waals surface area contributed by atoms with Crippen LogP contribution in [0.25, 0.3) is 44.7 Å². The summed E-state index contributed by atoms with van der Waals surface area (Å²) in [4.78, 5) is 10.3. The van der Waals surface area contributed by atoms with E-state index >= 15 is 0 Å². The molecule has 256 valence electrons.